The van der Waals surface area contributed by atoms with Gasteiger partial charge in [0.2, 0.25) is 0 Å². The lowest BCUT2D eigenvalue weighted by Gasteiger charge is -2.05. The van der Waals surface area contributed by atoms with Crippen LogP contribution in [0.25, 0.3) is 10.9 Å². The molecule has 0 aliphatic heterocycles. The molecule has 0 spiro atoms. The average molecular weight is 297 g/mol. The summed E-state index contributed by atoms with van der Waals surface area (Å²) in [4.78, 5) is 27.2. The minimum Gasteiger partial charge on any atom is -0.293 e. The van der Waals surface area contributed by atoms with Crippen LogP contribution >= 0.6 is 15.9 Å². The Hall–Kier alpha value is -1.73. The summed E-state index contributed by atoms with van der Waals surface area (Å²) in [5, 5.41) is 0.451. The Bertz CT molecular complexity index is 638. The summed E-state index contributed by atoms with van der Waals surface area (Å²) in [5.41, 5.74) is 2.27. The standard InChI is InChI=1S/C10H9BrN4O2/c11-6-1-2-8-7(3-6)10(17)15(5-13-8)4-9(16)14-12/h1-3,5H,4,12H2,(H,14,16). The molecule has 0 saturated carbocycles. The van der Waals surface area contributed by atoms with Gasteiger partial charge in [-0.2, -0.15) is 0 Å². The van der Waals surface area contributed by atoms with Crippen molar-refractivity contribution in [2.45, 2.75) is 6.54 Å². The average Bonchev–Trinajstić information content (AvgIpc) is 2.33. The maximum Gasteiger partial charge on any atom is 0.261 e. The molecular formula is C10H9BrN4O2. The predicted octanol–water partition coefficient (Wildman–Crippen LogP) is 0.149. The third-order valence-corrected chi connectivity index (χ3v) is 2.75. The fourth-order valence-electron chi connectivity index (χ4n) is 1.44. The summed E-state index contributed by atoms with van der Waals surface area (Å²) in [6.07, 6.45) is 1.33. The minimum absolute atomic E-state index is 0.148. The molecule has 88 valence electrons. The summed E-state index contributed by atoms with van der Waals surface area (Å²) < 4.78 is 1.99. The molecule has 7 heteroatoms. The lowest BCUT2D eigenvalue weighted by atomic mass is 10.2. The van der Waals surface area contributed by atoms with E-state index in [1.165, 1.54) is 10.9 Å². The van der Waals surface area contributed by atoms with Crippen LogP contribution in [0.1, 0.15) is 0 Å². The molecule has 0 atom stereocenters. The summed E-state index contributed by atoms with van der Waals surface area (Å²) in [6.45, 7) is -0.148. The van der Waals surface area contributed by atoms with Gasteiger partial charge in [-0.1, -0.05) is 15.9 Å². The summed E-state index contributed by atoms with van der Waals surface area (Å²) >= 11 is 3.28. The number of carbonyl (C=O) groups is 1. The number of hydrazine groups is 1. The van der Waals surface area contributed by atoms with Crippen molar-refractivity contribution >= 4 is 32.7 Å². The molecule has 0 aliphatic carbocycles. The first-order valence-corrected chi connectivity index (χ1v) is 5.55. The molecule has 0 unspecified atom stereocenters. The number of rotatable bonds is 2. The lowest BCUT2D eigenvalue weighted by Crippen LogP contribution is -2.36. The van der Waals surface area contributed by atoms with Gasteiger partial charge in [0.1, 0.15) is 6.54 Å². The van der Waals surface area contributed by atoms with E-state index in [0.29, 0.717) is 10.9 Å². The van der Waals surface area contributed by atoms with Crippen LogP contribution in [0.15, 0.2) is 33.8 Å². The molecule has 1 amide bonds. The lowest BCUT2D eigenvalue weighted by molar-refractivity contribution is -0.121. The van der Waals surface area contributed by atoms with E-state index in [1.807, 2.05) is 5.43 Å². The molecule has 6 nitrogen and oxygen atoms in total. The number of benzene rings is 1. The van der Waals surface area contributed by atoms with E-state index >= 15 is 0 Å². The number of fused-ring (bicyclic) bond motifs is 1. The highest BCUT2D eigenvalue weighted by atomic mass is 79.9. The number of nitrogens with two attached hydrogens (primary N) is 1. The van der Waals surface area contributed by atoms with Crippen LogP contribution < -0.4 is 16.8 Å². The van der Waals surface area contributed by atoms with Crippen molar-refractivity contribution in [1.82, 2.24) is 15.0 Å². The molecule has 2 aromatic rings. The second-order valence-corrected chi connectivity index (χ2v) is 4.32. The van der Waals surface area contributed by atoms with Crippen LogP contribution in [0, 0.1) is 0 Å². The van der Waals surface area contributed by atoms with Crippen LogP contribution in [0.4, 0.5) is 0 Å². The van der Waals surface area contributed by atoms with E-state index in [1.54, 1.807) is 18.2 Å². The zero-order valence-electron chi connectivity index (χ0n) is 8.68. The Labute approximate surface area is 105 Å². The molecule has 0 aliphatic rings. The first-order valence-electron chi connectivity index (χ1n) is 4.76. The van der Waals surface area contributed by atoms with Crippen LogP contribution in [0.2, 0.25) is 0 Å². The Morgan fingerprint density at radius 3 is 3.00 bits per heavy atom. The molecule has 2 rings (SSSR count). The molecule has 0 bridgehead atoms. The van der Waals surface area contributed by atoms with Crippen LogP contribution in [-0.4, -0.2) is 15.5 Å². The number of hydrogen-bond acceptors (Lipinski definition) is 4. The maximum atomic E-state index is 12.0. The zero-order valence-corrected chi connectivity index (χ0v) is 10.3. The van der Waals surface area contributed by atoms with Gasteiger partial charge in [0, 0.05) is 4.47 Å². The molecule has 0 saturated heterocycles. The Morgan fingerprint density at radius 1 is 1.53 bits per heavy atom. The monoisotopic (exact) mass is 296 g/mol. The van der Waals surface area contributed by atoms with Crippen LogP contribution in [0.5, 0.6) is 0 Å². The molecule has 1 aromatic carbocycles. The maximum absolute atomic E-state index is 12.0. The van der Waals surface area contributed by atoms with Crippen molar-refractivity contribution in [3.05, 3.63) is 39.4 Å². The largest absolute Gasteiger partial charge is 0.293 e. The molecular weight excluding hydrogens is 288 g/mol. The van der Waals surface area contributed by atoms with Gasteiger partial charge in [-0.25, -0.2) is 10.8 Å². The Kier molecular flexibility index (Phi) is 3.21. The number of nitrogens with one attached hydrogen (secondary N) is 1. The second-order valence-electron chi connectivity index (χ2n) is 3.41. The van der Waals surface area contributed by atoms with Crippen molar-refractivity contribution in [3.63, 3.8) is 0 Å². The number of nitrogens with zero attached hydrogens (tertiary/aromatic N) is 2. The quantitative estimate of drug-likeness (QED) is 0.469. The highest BCUT2D eigenvalue weighted by molar-refractivity contribution is 9.10. The van der Waals surface area contributed by atoms with Gasteiger partial charge in [-0.05, 0) is 18.2 Å². The number of aromatic nitrogens is 2. The molecule has 17 heavy (non-hydrogen) atoms. The minimum atomic E-state index is -0.455. The van der Waals surface area contributed by atoms with Crippen molar-refractivity contribution in [2.75, 3.05) is 0 Å². The van der Waals surface area contributed by atoms with Gasteiger partial charge in [-0.3, -0.25) is 19.6 Å². The smallest absolute Gasteiger partial charge is 0.261 e. The van der Waals surface area contributed by atoms with E-state index in [0.717, 1.165) is 4.47 Å². The van der Waals surface area contributed by atoms with Gasteiger partial charge >= 0.3 is 0 Å². The first-order chi connectivity index (χ1) is 8.11. The summed E-state index contributed by atoms with van der Waals surface area (Å²) in [7, 11) is 0. The van der Waals surface area contributed by atoms with Crippen LogP contribution in [0.3, 0.4) is 0 Å². The van der Waals surface area contributed by atoms with Gasteiger partial charge in [0.15, 0.2) is 0 Å². The zero-order chi connectivity index (χ0) is 12.4. The van der Waals surface area contributed by atoms with Gasteiger partial charge in [0.25, 0.3) is 11.5 Å². The Morgan fingerprint density at radius 2 is 2.29 bits per heavy atom. The number of amides is 1. The number of carbonyl (C=O) groups excluding carboxylic acids is 1. The van der Waals surface area contributed by atoms with E-state index in [2.05, 4.69) is 20.9 Å². The fraction of sp³-hybridized carbons (Fsp3) is 0.100. The Balaban J connectivity index is 2.57. The number of halogens is 1. The van der Waals surface area contributed by atoms with E-state index < -0.39 is 5.91 Å². The molecule has 0 fully saturated rings. The molecule has 1 heterocycles. The topological polar surface area (TPSA) is 90.0 Å². The normalized spacial score (nSPS) is 10.5. The molecule has 0 radical (unpaired) electrons. The fourth-order valence-corrected chi connectivity index (χ4v) is 1.81. The third-order valence-electron chi connectivity index (χ3n) is 2.26. The third kappa shape index (κ3) is 2.34. The van der Waals surface area contributed by atoms with Gasteiger partial charge < -0.3 is 0 Å². The molecule has 3 N–H and O–H groups in total. The van der Waals surface area contributed by atoms with Gasteiger partial charge in [-0.15, -0.1) is 0 Å². The molecule has 1 aromatic heterocycles. The number of hydrogen-bond donors (Lipinski definition) is 2. The first kappa shape index (κ1) is 11.7. The second kappa shape index (κ2) is 4.64. The predicted molar refractivity (Wildman–Crippen MR) is 66.0 cm³/mol. The van der Waals surface area contributed by atoms with E-state index in [9.17, 15) is 9.59 Å². The summed E-state index contributed by atoms with van der Waals surface area (Å²) in [5.74, 6) is 4.51. The van der Waals surface area contributed by atoms with Crippen LogP contribution in [-0.2, 0) is 11.3 Å². The summed E-state index contributed by atoms with van der Waals surface area (Å²) in [6, 6.07) is 5.20. The van der Waals surface area contributed by atoms with Crippen molar-refractivity contribution in [3.8, 4) is 0 Å². The van der Waals surface area contributed by atoms with Gasteiger partial charge in [0.05, 0.1) is 17.2 Å². The SMILES string of the molecule is NNC(=O)Cn1cnc2ccc(Br)cc2c1=O. The van der Waals surface area contributed by atoms with E-state index in [-0.39, 0.29) is 12.1 Å². The highest BCUT2D eigenvalue weighted by Crippen LogP contribution is 2.14. The van der Waals surface area contributed by atoms with Crippen molar-refractivity contribution < 1.29 is 4.79 Å². The van der Waals surface area contributed by atoms with Crippen molar-refractivity contribution in [1.29, 1.82) is 0 Å². The van der Waals surface area contributed by atoms with E-state index in [4.69, 9.17) is 5.84 Å². The van der Waals surface area contributed by atoms with Crippen molar-refractivity contribution in [2.24, 2.45) is 5.84 Å². The highest BCUT2D eigenvalue weighted by Gasteiger charge is 2.07.